The molecule has 1 aliphatic heterocycles. The van der Waals surface area contributed by atoms with Crippen molar-refractivity contribution in [3.8, 4) is 5.75 Å². The van der Waals surface area contributed by atoms with E-state index in [-0.39, 0.29) is 0 Å². The van der Waals surface area contributed by atoms with E-state index in [2.05, 4.69) is 22.4 Å². The van der Waals surface area contributed by atoms with E-state index in [1.807, 2.05) is 24.5 Å². The lowest BCUT2D eigenvalue weighted by Gasteiger charge is -2.24. The number of benzene rings is 1. The number of aromatic nitrogens is 1. The molecule has 1 saturated heterocycles. The number of piperidine rings is 1. The molecule has 1 fully saturated rings. The molecule has 0 aliphatic carbocycles. The molecule has 0 unspecified atom stereocenters. The lowest BCUT2D eigenvalue weighted by atomic mass is 10.1. The maximum atomic E-state index is 6.07. The van der Waals surface area contributed by atoms with Crippen LogP contribution < -0.4 is 10.1 Å². The van der Waals surface area contributed by atoms with Gasteiger partial charge in [-0.05, 0) is 25.9 Å². The smallest absolute Gasteiger partial charge is 0.145 e. The van der Waals surface area contributed by atoms with Crippen molar-refractivity contribution in [2.45, 2.75) is 18.9 Å². The Hall–Kier alpha value is -1.61. The molecule has 1 aromatic heterocycles. The van der Waals surface area contributed by atoms with E-state index < -0.39 is 0 Å². The molecule has 0 saturated carbocycles. The van der Waals surface area contributed by atoms with E-state index in [0.717, 1.165) is 42.5 Å². The molecule has 2 heterocycles. The van der Waals surface area contributed by atoms with Crippen LogP contribution in [0.25, 0.3) is 10.8 Å². The zero-order chi connectivity index (χ0) is 11.5. The number of hydrogen-bond acceptors (Lipinski definition) is 3. The molecule has 88 valence electrons. The Balaban J connectivity index is 1.89. The van der Waals surface area contributed by atoms with E-state index in [1.54, 1.807) is 0 Å². The minimum Gasteiger partial charge on any atom is -0.488 e. The number of hydrogen-bond donors (Lipinski definition) is 1. The van der Waals surface area contributed by atoms with E-state index in [9.17, 15) is 0 Å². The van der Waals surface area contributed by atoms with Gasteiger partial charge in [0, 0.05) is 17.0 Å². The Morgan fingerprint density at radius 2 is 1.94 bits per heavy atom. The summed E-state index contributed by atoms with van der Waals surface area (Å²) < 4.78 is 6.07. The third-order valence-corrected chi connectivity index (χ3v) is 3.21. The Bertz CT molecular complexity index is 501. The molecule has 3 nitrogen and oxygen atoms in total. The fourth-order valence-electron chi connectivity index (χ4n) is 2.28. The van der Waals surface area contributed by atoms with E-state index >= 15 is 0 Å². The highest BCUT2D eigenvalue weighted by Gasteiger charge is 2.15. The summed E-state index contributed by atoms with van der Waals surface area (Å²) in [5, 5.41) is 5.63. The Morgan fingerprint density at radius 1 is 1.12 bits per heavy atom. The van der Waals surface area contributed by atoms with Crippen molar-refractivity contribution in [3.63, 3.8) is 0 Å². The highest BCUT2D eigenvalue weighted by molar-refractivity contribution is 5.87. The first-order valence-electron chi connectivity index (χ1n) is 6.13. The predicted molar refractivity (Wildman–Crippen MR) is 68.3 cm³/mol. The number of rotatable bonds is 2. The Morgan fingerprint density at radius 3 is 2.82 bits per heavy atom. The molecular weight excluding hydrogens is 212 g/mol. The predicted octanol–water partition coefficient (Wildman–Crippen LogP) is 2.37. The van der Waals surface area contributed by atoms with Crippen molar-refractivity contribution in [3.05, 3.63) is 36.7 Å². The number of nitrogens with one attached hydrogen (secondary N) is 1. The van der Waals surface area contributed by atoms with Gasteiger partial charge in [-0.3, -0.25) is 4.98 Å². The van der Waals surface area contributed by atoms with Gasteiger partial charge in [0.05, 0.1) is 6.20 Å². The first-order chi connectivity index (χ1) is 8.43. The van der Waals surface area contributed by atoms with Gasteiger partial charge in [-0.25, -0.2) is 0 Å². The van der Waals surface area contributed by atoms with Crippen molar-refractivity contribution in [1.82, 2.24) is 10.3 Å². The zero-order valence-corrected chi connectivity index (χ0v) is 9.73. The summed E-state index contributed by atoms with van der Waals surface area (Å²) in [4.78, 5) is 4.24. The summed E-state index contributed by atoms with van der Waals surface area (Å²) in [6.07, 6.45) is 6.17. The number of fused-ring (bicyclic) bond motifs is 1. The van der Waals surface area contributed by atoms with Crippen molar-refractivity contribution >= 4 is 10.8 Å². The van der Waals surface area contributed by atoms with Crippen LogP contribution in [-0.2, 0) is 0 Å². The third kappa shape index (κ3) is 2.24. The molecule has 17 heavy (non-hydrogen) atoms. The molecule has 0 bridgehead atoms. The fourth-order valence-corrected chi connectivity index (χ4v) is 2.28. The molecule has 1 aliphatic rings. The first-order valence-corrected chi connectivity index (χ1v) is 6.13. The second-order valence-electron chi connectivity index (χ2n) is 4.43. The minimum absolute atomic E-state index is 0.323. The van der Waals surface area contributed by atoms with Crippen LogP contribution >= 0.6 is 0 Å². The van der Waals surface area contributed by atoms with Gasteiger partial charge >= 0.3 is 0 Å². The van der Waals surface area contributed by atoms with Crippen LogP contribution in [0.1, 0.15) is 12.8 Å². The molecule has 0 spiro atoms. The topological polar surface area (TPSA) is 34.1 Å². The number of nitrogens with zero attached hydrogens (tertiary/aromatic N) is 1. The molecule has 3 rings (SSSR count). The van der Waals surface area contributed by atoms with E-state index in [4.69, 9.17) is 4.74 Å². The monoisotopic (exact) mass is 228 g/mol. The van der Waals surface area contributed by atoms with Gasteiger partial charge in [0.2, 0.25) is 0 Å². The van der Waals surface area contributed by atoms with Crippen LogP contribution in [0.5, 0.6) is 5.75 Å². The van der Waals surface area contributed by atoms with Crippen molar-refractivity contribution in [2.24, 2.45) is 0 Å². The molecule has 0 atom stereocenters. The molecule has 2 aromatic rings. The third-order valence-electron chi connectivity index (χ3n) is 3.21. The van der Waals surface area contributed by atoms with Gasteiger partial charge < -0.3 is 10.1 Å². The van der Waals surface area contributed by atoms with Gasteiger partial charge in [-0.15, -0.1) is 0 Å². The largest absolute Gasteiger partial charge is 0.488 e. The Labute approximate surface area is 101 Å². The summed E-state index contributed by atoms with van der Waals surface area (Å²) in [5.74, 6) is 0.912. The standard InChI is InChI=1S/C14H16N2O/c1-2-4-13-11(3-1)9-16-10-14(13)17-12-5-7-15-8-6-12/h1-4,9-10,12,15H,5-8H2. The van der Waals surface area contributed by atoms with Crippen LogP contribution in [0.2, 0.25) is 0 Å². The summed E-state index contributed by atoms with van der Waals surface area (Å²) in [6, 6.07) is 8.22. The van der Waals surface area contributed by atoms with Gasteiger partial charge in [0.25, 0.3) is 0 Å². The Kier molecular flexibility index (Phi) is 2.92. The fraction of sp³-hybridized carbons (Fsp3) is 0.357. The highest BCUT2D eigenvalue weighted by atomic mass is 16.5. The lowest BCUT2D eigenvalue weighted by molar-refractivity contribution is 0.164. The van der Waals surface area contributed by atoms with Gasteiger partial charge in [-0.1, -0.05) is 24.3 Å². The SMILES string of the molecule is c1ccc2c(OC3CCNCC3)cncc2c1. The van der Waals surface area contributed by atoms with Crippen molar-refractivity contribution in [2.75, 3.05) is 13.1 Å². The molecular formula is C14H16N2O. The number of ether oxygens (including phenoxy) is 1. The van der Waals surface area contributed by atoms with Gasteiger partial charge in [0.15, 0.2) is 0 Å². The highest BCUT2D eigenvalue weighted by Crippen LogP contribution is 2.26. The molecule has 0 radical (unpaired) electrons. The van der Waals surface area contributed by atoms with Crippen LogP contribution in [0.3, 0.4) is 0 Å². The quantitative estimate of drug-likeness (QED) is 0.856. The number of pyridine rings is 1. The maximum Gasteiger partial charge on any atom is 0.145 e. The summed E-state index contributed by atoms with van der Waals surface area (Å²) >= 11 is 0. The maximum absolute atomic E-state index is 6.07. The molecule has 0 amide bonds. The summed E-state index contributed by atoms with van der Waals surface area (Å²) in [6.45, 7) is 2.09. The van der Waals surface area contributed by atoms with Crippen LogP contribution in [0, 0.1) is 0 Å². The van der Waals surface area contributed by atoms with Crippen LogP contribution in [0.15, 0.2) is 36.7 Å². The van der Waals surface area contributed by atoms with Crippen molar-refractivity contribution < 1.29 is 4.74 Å². The minimum atomic E-state index is 0.323. The second-order valence-corrected chi connectivity index (χ2v) is 4.43. The van der Waals surface area contributed by atoms with Gasteiger partial charge in [-0.2, -0.15) is 0 Å². The van der Waals surface area contributed by atoms with Crippen LogP contribution in [0.4, 0.5) is 0 Å². The van der Waals surface area contributed by atoms with Gasteiger partial charge in [0.1, 0.15) is 11.9 Å². The summed E-state index contributed by atoms with van der Waals surface area (Å²) in [7, 11) is 0. The van der Waals surface area contributed by atoms with Crippen LogP contribution in [-0.4, -0.2) is 24.2 Å². The normalized spacial score (nSPS) is 17.2. The van der Waals surface area contributed by atoms with E-state index in [1.165, 1.54) is 0 Å². The van der Waals surface area contributed by atoms with E-state index in [0.29, 0.717) is 6.10 Å². The zero-order valence-electron chi connectivity index (χ0n) is 9.73. The molecule has 1 aromatic carbocycles. The first kappa shape index (κ1) is 10.5. The molecule has 1 N–H and O–H groups in total. The lowest BCUT2D eigenvalue weighted by Crippen LogP contribution is -2.34. The summed E-state index contributed by atoms with van der Waals surface area (Å²) in [5.41, 5.74) is 0. The molecule has 3 heteroatoms. The average molecular weight is 228 g/mol. The average Bonchev–Trinajstić information content (AvgIpc) is 2.40. The second kappa shape index (κ2) is 4.72. The van der Waals surface area contributed by atoms with Crippen molar-refractivity contribution in [1.29, 1.82) is 0 Å².